The third-order valence-corrected chi connectivity index (χ3v) is 2.62. The third-order valence-electron chi connectivity index (χ3n) is 2.62. The first-order chi connectivity index (χ1) is 8.49. The Balaban J connectivity index is 2.77. The number of halogens is 3. The Hall–Kier alpha value is -1.23. The van der Waals surface area contributed by atoms with Gasteiger partial charge < -0.3 is 10.5 Å². The van der Waals surface area contributed by atoms with E-state index < -0.39 is 11.7 Å². The topological polar surface area (TPSA) is 35.2 Å². The molecule has 0 spiro atoms. The molecule has 5 heteroatoms. The van der Waals surface area contributed by atoms with E-state index in [-0.39, 0.29) is 17.9 Å². The summed E-state index contributed by atoms with van der Waals surface area (Å²) < 4.78 is 43.5. The molecule has 2 nitrogen and oxygen atoms in total. The normalized spacial score (nSPS) is 11.6. The zero-order valence-electron chi connectivity index (χ0n) is 10.4. The first-order valence-electron chi connectivity index (χ1n) is 6.02. The summed E-state index contributed by atoms with van der Waals surface area (Å²) in [5.74, 6) is 0.246. The Morgan fingerprint density at radius 1 is 1.22 bits per heavy atom. The van der Waals surface area contributed by atoms with Gasteiger partial charge in [0.05, 0.1) is 12.2 Å². The van der Waals surface area contributed by atoms with Crippen molar-refractivity contribution < 1.29 is 17.9 Å². The predicted octanol–water partition coefficient (Wildman–Crippen LogP) is 3.73. The van der Waals surface area contributed by atoms with Crippen molar-refractivity contribution in [1.82, 2.24) is 0 Å². The first-order valence-corrected chi connectivity index (χ1v) is 6.02. The van der Waals surface area contributed by atoms with Crippen molar-refractivity contribution in [1.29, 1.82) is 0 Å². The summed E-state index contributed by atoms with van der Waals surface area (Å²) in [6.07, 6.45) is -1.50. The lowest BCUT2D eigenvalue weighted by Gasteiger charge is -2.14. The molecule has 0 radical (unpaired) electrons. The first kappa shape index (κ1) is 14.8. The van der Waals surface area contributed by atoms with Crippen molar-refractivity contribution in [3.05, 3.63) is 29.3 Å². The predicted molar refractivity (Wildman–Crippen MR) is 64.4 cm³/mol. The molecule has 1 aromatic rings. The van der Waals surface area contributed by atoms with Crippen LogP contribution in [-0.2, 0) is 12.7 Å². The standard InChI is InChI=1S/C13H18F3NO/c1-2-3-4-7-18-11-6-5-10(9-17)12(8-11)13(14,15)16/h5-6,8H,2-4,7,9,17H2,1H3. The minimum Gasteiger partial charge on any atom is -0.494 e. The van der Waals surface area contributed by atoms with Crippen molar-refractivity contribution in [2.24, 2.45) is 5.73 Å². The van der Waals surface area contributed by atoms with Gasteiger partial charge in [-0.05, 0) is 24.1 Å². The van der Waals surface area contributed by atoms with Crippen LogP contribution in [-0.4, -0.2) is 6.61 Å². The Kier molecular flexibility index (Phi) is 5.47. The SMILES string of the molecule is CCCCCOc1ccc(CN)c(C(F)(F)F)c1. The maximum atomic E-state index is 12.7. The molecule has 1 rings (SSSR count). The number of hydrogen-bond acceptors (Lipinski definition) is 2. The molecule has 0 heterocycles. The van der Waals surface area contributed by atoms with E-state index in [2.05, 4.69) is 6.92 Å². The summed E-state index contributed by atoms with van der Waals surface area (Å²) in [5, 5.41) is 0. The minimum absolute atomic E-state index is 0.0865. The molecule has 0 bridgehead atoms. The average molecular weight is 261 g/mol. The van der Waals surface area contributed by atoms with Crippen LogP contribution in [0.3, 0.4) is 0 Å². The zero-order valence-corrected chi connectivity index (χ0v) is 10.4. The molecule has 0 fully saturated rings. The summed E-state index contributed by atoms with van der Waals surface area (Å²) in [6.45, 7) is 2.36. The van der Waals surface area contributed by atoms with Crippen LogP contribution in [0.1, 0.15) is 37.3 Å². The van der Waals surface area contributed by atoms with Crippen molar-refractivity contribution in [2.45, 2.75) is 38.9 Å². The molecule has 18 heavy (non-hydrogen) atoms. The number of nitrogens with two attached hydrogens (primary N) is 1. The second kappa shape index (κ2) is 6.64. The second-order valence-electron chi connectivity index (χ2n) is 4.08. The lowest BCUT2D eigenvalue weighted by atomic mass is 10.1. The van der Waals surface area contributed by atoms with Crippen molar-refractivity contribution in [3.8, 4) is 5.75 Å². The molecule has 0 saturated carbocycles. The van der Waals surface area contributed by atoms with Gasteiger partial charge in [0, 0.05) is 6.54 Å². The molecule has 0 saturated heterocycles. The average Bonchev–Trinajstić information content (AvgIpc) is 2.33. The summed E-state index contributed by atoms with van der Waals surface area (Å²) in [7, 11) is 0. The molecule has 102 valence electrons. The largest absolute Gasteiger partial charge is 0.494 e. The highest BCUT2D eigenvalue weighted by molar-refractivity contribution is 5.37. The Morgan fingerprint density at radius 3 is 2.50 bits per heavy atom. The molecule has 0 atom stereocenters. The van der Waals surface area contributed by atoms with E-state index in [1.54, 1.807) is 0 Å². The molecule has 0 aliphatic carbocycles. The molecule has 0 unspecified atom stereocenters. The fourth-order valence-corrected chi connectivity index (χ4v) is 1.63. The quantitative estimate of drug-likeness (QED) is 0.792. The van der Waals surface area contributed by atoms with E-state index in [0.29, 0.717) is 6.61 Å². The smallest absolute Gasteiger partial charge is 0.416 e. The number of unbranched alkanes of at least 4 members (excludes halogenated alkanes) is 2. The van der Waals surface area contributed by atoms with Crippen LogP contribution in [0.2, 0.25) is 0 Å². The third kappa shape index (κ3) is 4.22. The monoisotopic (exact) mass is 261 g/mol. The van der Waals surface area contributed by atoms with Crippen molar-refractivity contribution in [3.63, 3.8) is 0 Å². The maximum absolute atomic E-state index is 12.7. The number of alkyl halides is 3. The van der Waals surface area contributed by atoms with E-state index in [9.17, 15) is 13.2 Å². The van der Waals surface area contributed by atoms with Gasteiger partial charge in [-0.25, -0.2) is 0 Å². The van der Waals surface area contributed by atoms with Crippen LogP contribution in [0.15, 0.2) is 18.2 Å². The highest BCUT2D eigenvalue weighted by Crippen LogP contribution is 2.34. The summed E-state index contributed by atoms with van der Waals surface area (Å²) in [4.78, 5) is 0. The highest BCUT2D eigenvalue weighted by Gasteiger charge is 2.33. The summed E-state index contributed by atoms with van der Waals surface area (Å²) in [5.41, 5.74) is 4.67. The van der Waals surface area contributed by atoms with Gasteiger partial charge >= 0.3 is 6.18 Å². The van der Waals surface area contributed by atoms with Gasteiger partial charge in [-0.2, -0.15) is 13.2 Å². The lowest BCUT2D eigenvalue weighted by molar-refractivity contribution is -0.138. The van der Waals surface area contributed by atoms with Gasteiger partial charge in [-0.1, -0.05) is 25.8 Å². The number of benzene rings is 1. The summed E-state index contributed by atoms with van der Waals surface area (Å²) >= 11 is 0. The lowest BCUT2D eigenvalue weighted by Crippen LogP contribution is -2.12. The minimum atomic E-state index is -4.39. The number of hydrogen-bond donors (Lipinski definition) is 1. The van der Waals surface area contributed by atoms with Gasteiger partial charge in [-0.15, -0.1) is 0 Å². The van der Waals surface area contributed by atoms with Gasteiger partial charge in [0.25, 0.3) is 0 Å². The number of ether oxygens (including phenoxy) is 1. The van der Waals surface area contributed by atoms with Crippen LogP contribution in [0.4, 0.5) is 13.2 Å². The molecule has 1 aromatic carbocycles. The fraction of sp³-hybridized carbons (Fsp3) is 0.538. The van der Waals surface area contributed by atoms with E-state index in [0.717, 1.165) is 25.3 Å². The molecule has 0 amide bonds. The van der Waals surface area contributed by atoms with Crippen LogP contribution in [0.25, 0.3) is 0 Å². The molecule has 0 aliphatic heterocycles. The van der Waals surface area contributed by atoms with Gasteiger partial charge in [0.15, 0.2) is 0 Å². The fourth-order valence-electron chi connectivity index (χ4n) is 1.63. The Morgan fingerprint density at radius 2 is 1.94 bits per heavy atom. The molecule has 0 aliphatic rings. The molecule has 2 N–H and O–H groups in total. The van der Waals surface area contributed by atoms with E-state index >= 15 is 0 Å². The Labute approximate surface area is 105 Å². The van der Waals surface area contributed by atoms with Crippen molar-refractivity contribution in [2.75, 3.05) is 6.61 Å². The van der Waals surface area contributed by atoms with Crippen molar-refractivity contribution >= 4 is 0 Å². The van der Waals surface area contributed by atoms with E-state index in [1.165, 1.54) is 12.1 Å². The molecule has 0 aromatic heterocycles. The number of rotatable bonds is 6. The van der Waals surface area contributed by atoms with Crippen LogP contribution >= 0.6 is 0 Å². The summed E-state index contributed by atoms with van der Waals surface area (Å²) in [6, 6.07) is 3.93. The Bertz CT molecular complexity index is 377. The van der Waals surface area contributed by atoms with Gasteiger partial charge in [-0.3, -0.25) is 0 Å². The van der Waals surface area contributed by atoms with Crippen LogP contribution in [0, 0.1) is 0 Å². The van der Waals surface area contributed by atoms with Gasteiger partial charge in [0.2, 0.25) is 0 Å². The van der Waals surface area contributed by atoms with E-state index in [4.69, 9.17) is 10.5 Å². The highest BCUT2D eigenvalue weighted by atomic mass is 19.4. The van der Waals surface area contributed by atoms with Gasteiger partial charge in [0.1, 0.15) is 5.75 Å². The van der Waals surface area contributed by atoms with Crippen LogP contribution in [0.5, 0.6) is 5.75 Å². The zero-order chi connectivity index (χ0) is 13.6. The van der Waals surface area contributed by atoms with Crippen LogP contribution < -0.4 is 10.5 Å². The van der Waals surface area contributed by atoms with E-state index in [1.807, 2.05) is 0 Å². The molecular weight excluding hydrogens is 243 g/mol. The second-order valence-corrected chi connectivity index (χ2v) is 4.08. The molecular formula is C13H18F3NO. The maximum Gasteiger partial charge on any atom is 0.416 e.